The van der Waals surface area contributed by atoms with Gasteiger partial charge in [0, 0.05) is 29.8 Å². The van der Waals surface area contributed by atoms with Crippen molar-refractivity contribution in [1.29, 1.82) is 0 Å². The Morgan fingerprint density at radius 1 is 1.38 bits per heavy atom. The minimum absolute atomic E-state index is 0.0612. The second kappa shape index (κ2) is 6.92. The van der Waals surface area contributed by atoms with Gasteiger partial charge in [-0.3, -0.25) is 4.79 Å². The second-order valence-corrected chi connectivity index (χ2v) is 7.39. The van der Waals surface area contributed by atoms with Gasteiger partial charge in [0.2, 0.25) is 11.8 Å². The maximum atomic E-state index is 12.6. The van der Waals surface area contributed by atoms with Crippen LogP contribution in [0.1, 0.15) is 34.5 Å². The highest BCUT2D eigenvalue weighted by Gasteiger charge is 2.35. The van der Waals surface area contributed by atoms with Gasteiger partial charge in [0.15, 0.2) is 5.82 Å². The number of aryl methyl sites for hydroxylation is 1. The minimum atomic E-state index is -0.0612. The Balaban J connectivity index is 1.52. The van der Waals surface area contributed by atoms with Crippen LogP contribution in [0.3, 0.4) is 0 Å². The SMILES string of the molecule is COc1ccc(C)c(N2CC(c3noc(Cc4cccs4)n3)CC2=O)c1. The summed E-state index contributed by atoms with van der Waals surface area (Å²) >= 11 is 1.66. The molecule has 0 saturated carbocycles. The highest BCUT2D eigenvalue weighted by Crippen LogP contribution is 2.34. The van der Waals surface area contributed by atoms with E-state index < -0.39 is 0 Å². The molecule has 0 radical (unpaired) electrons. The third kappa shape index (κ3) is 3.22. The molecule has 0 spiro atoms. The molecule has 0 bridgehead atoms. The summed E-state index contributed by atoms with van der Waals surface area (Å²) < 4.78 is 10.7. The number of rotatable bonds is 5. The average Bonchev–Trinajstić information content (AvgIpc) is 3.37. The van der Waals surface area contributed by atoms with Gasteiger partial charge in [-0.15, -0.1) is 11.3 Å². The van der Waals surface area contributed by atoms with Crippen molar-refractivity contribution in [1.82, 2.24) is 10.1 Å². The Hall–Kier alpha value is -2.67. The second-order valence-electron chi connectivity index (χ2n) is 6.36. The lowest BCUT2D eigenvalue weighted by molar-refractivity contribution is -0.117. The average molecular weight is 369 g/mol. The van der Waals surface area contributed by atoms with Crippen LogP contribution in [0.2, 0.25) is 0 Å². The zero-order chi connectivity index (χ0) is 18.1. The van der Waals surface area contributed by atoms with E-state index in [1.807, 2.05) is 42.6 Å². The molecular weight excluding hydrogens is 350 g/mol. The third-order valence-electron chi connectivity index (χ3n) is 4.59. The van der Waals surface area contributed by atoms with Crippen molar-refractivity contribution in [2.75, 3.05) is 18.6 Å². The number of carbonyl (C=O) groups excluding carboxylic acids is 1. The Labute approximate surface area is 155 Å². The number of thiophene rings is 1. The van der Waals surface area contributed by atoms with Gasteiger partial charge in [-0.2, -0.15) is 4.98 Å². The van der Waals surface area contributed by atoms with Crippen molar-refractivity contribution in [3.05, 3.63) is 57.9 Å². The summed E-state index contributed by atoms with van der Waals surface area (Å²) in [6, 6.07) is 9.80. The summed E-state index contributed by atoms with van der Waals surface area (Å²) in [4.78, 5) is 20.1. The molecule has 3 heterocycles. The Morgan fingerprint density at radius 2 is 2.27 bits per heavy atom. The highest BCUT2D eigenvalue weighted by molar-refractivity contribution is 7.09. The molecule has 4 rings (SSSR count). The van der Waals surface area contributed by atoms with Gasteiger partial charge in [-0.1, -0.05) is 17.3 Å². The topological polar surface area (TPSA) is 68.5 Å². The zero-order valence-electron chi connectivity index (χ0n) is 14.6. The standard InChI is InChI=1S/C19H19N3O3S/c1-12-5-6-14(24-2)9-16(12)22-11-13(8-18(22)23)19-20-17(25-21-19)10-15-4-3-7-26-15/h3-7,9,13H,8,10-11H2,1-2H3. The van der Waals surface area contributed by atoms with Crippen molar-refractivity contribution in [3.8, 4) is 5.75 Å². The van der Waals surface area contributed by atoms with Crippen LogP contribution in [0.15, 0.2) is 40.2 Å². The lowest BCUT2D eigenvalue weighted by Crippen LogP contribution is -2.25. The molecule has 1 saturated heterocycles. The summed E-state index contributed by atoms with van der Waals surface area (Å²) in [6.45, 7) is 2.54. The molecule has 1 amide bonds. The van der Waals surface area contributed by atoms with Crippen LogP contribution in [-0.2, 0) is 11.2 Å². The van der Waals surface area contributed by atoms with Crippen molar-refractivity contribution in [2.45, 2.75) is 25.7 Å². The molecular formula is C19H19N3O3S. The van der Waals surface area contributed by atoms with E-state index in [1.165, 1.54) is 4.88 Å². The van der Waals surface area contributed by atoms with E-state index in [4.69, 9.17) is 9.26 Å². The Morgan fingerprint density at radius 3 is 3.04 bits per heavy atom. The summed E-state index contributed by atoms with van der Waals surface area (Å²) in [5.74, 6) is 1.93. The summed E-state index contributed by atoms with van der Waals surface area (Å²) in [6.07, 6.45) is 1.01. The first kappa shape index (κ1) is 16.8. The Bertz CT molecular complexity index is 920. The van der Waals surface area contributed by atoms with Gasteiger partial charge in [0.05, 0.1) is 19.2 Å². The van der Waals surface area contributed by atoms with Crippen LogP contribution < -0.4 is 9.64 Å². The van der Waals surface area contributed by atoms with Crippen LogP contribution in [0.5, 0.6) is 5.75 Å². The van der Waals surface area contributed by atoms with Gasteiger partial charge in [-0.05, 0) is 30.0 Å². The molecule has 1 unspecified atom stereocenters. The first-order valence-electron chi connectivity index (χ1n) is 8.44. The summed E-state index contributed by atoms with van der Waals surface area (Å²) in [7, 11) is 1.62. The van der Waals surface area contributed by atoms with Crippen molar-refractivity contribution >= 4 is 22.9 Å². The molecule has 1 aliphatic heterocycles. The number of benzene rings is 1. The normalized spacial score (nSPS) is 17.1. The number of anilines is 1. The summed E-state index contributed by atoms with van der Waals surface area (Å²) in [5.41, 5.74) is 1.91. The fourth-order valence-electron chi connectivity index (χ4n) is 3.19. The van der Waals surface area contributed by atoms with Crippen LogP contribution in [0.25, 0.3) is 0 Å². The molecule has 1 aromatic carbocycles. The first-order valence-corrected chi connectivity index (χ1v) is 9.32. The smallest absolute Gasteiger partial charge is 0.231 e. The molecule has 2 aromatic heterocycles. The molecule has 26 heavy (non-hydrogen) atoms. The van der Waals surface area contributed by atoms with Gasteiger partial charge >= 0.3 is 0 Å². The van der Waals surface area contributed by atoms with Crippen LogP contribution in [-0.4, -0.2) is 29.7 Å². The first-order chi connectivity index (χ1) is 12.6. The number of nitrogens with zero attached hydrogens (tertiary/aromatic N) is 3. The number of aromatic nitrogens is 2. The zero-order valence-corrected chi connectivity index (χ0v) is 15.5. The predicted octanol–water partition coefficient (Wildman–Crippen LogP) is 3.56. The fraction of sp³-hybridized carbons (Fsp3) is 0.316. The van der Waals surface area contributed by atoms with Crippen LogP contribution in [0, 0.1) is 6.92 Å². The molecule has 6 nitrogen and oxygen atoms in total. The molecule has 0 aliphatic carbocycles. The quantitative estimate of drug-likeness (QED) is 0.688. The van der Waals surface area contributed by atoms with Crippen molar-refractivity contribution in [3.63, 3.8) is 0 Å². The van der Waals surface area contributed by atoms with Gasteiger partial charge in [-0.25, -0.2) is 0 Å². The molecule has 7 heteroatoms. The van der Waals surface area contributed by atoms with E-state index in [-0.39, 0.29) is 11.8 Å². The van der Waals surface area contributed by atoms with Gasteiger partial charge < -0.3 is 14.2 Å². The summed E-state index contributed by atoms with van der Waals surface area (Å²) in [5, 5.41) is 6.14. The van der Waals surface area contributed by atoms with E-state index in [0.717, 1.165) is 17.0 Å². The van der Waals surface area contributed by atoms with Crippen molar-refractivity contribution in [2.24, 2.45) is 0 Å². The molecule has 0 N–H and O–H groups in total. The van der Waals surface area contributed by atoms with Gasteiger partial charge in [0.25, 0.3) is 0 Å². The number of amides is 1. The maximum absolute atomic E-state index is 12.6. The predicted molar refractivity (Wildman–Crippen MR) is 98.9 cm³/mol. The number of carbonyl (C=O) groups is 1. The lowest BCUT2D eigenvalue weighted by atomic mass is 10.1. The maximum Gasteiger partial charge on any atom is 0.231 e. The number of methoxy groups -OCH3 is 1. The minimum Gasteiger partial charge on any atom is -0.497 e. The molecule has 134 valence electrons. The van der Waals surface area contributed by atoms with E-state index in [1.54, 1.807) is 23.3 Å². The van der Waals surface area contributed by atoms with Crippen molar-refractivity contribution < 1.29 is 14.1 Å². The molecule has 1 atom stereocenters. The van der Waals surface area contributed by atoms with Crippen LogP contribution >= 0.6 is 11.3 Å². The van der Waals surface area contributed by atoms with Gasteiger partial charge in [0.1, 0.15) is 5.75 Å². The number of ether oxygens (including phenoxy) is 1. The van der Waals surface area contributed by atoms with E-state index in [9.17, 15) is 4.79 Å². The molecule has 1 fully saturated rings. The largest absolute Gasteiger partial charge is 0.497 e. The van der Waals surface area contributed by atoms with E-state index in [2.05, 4.69) is 10.1 Å². The highest BCUT2D eigenvalue weighted by atomic mass is 32.1. The third-order valence-corrected chi connectivity index (χ3v) is 5.46. The number of hydrogen-bond donors (Lipinski definition) is 0. The molecule has 3 aromatic rings. The lowest BCUT2D eigenvalue weighted by Gasteiger charge is -2.19. The molecule has 1 aliphatic rings. The van der Waals surface area contributed by atoms with E-state index in [0.29, 0.717) is 31.1 Å². The van der Waals surface area contributed by atoms with Crippen LogP contribution in [0.4, 0.5) is 5.69 Å². The fourth-order valence-corrected chi connectivity index (χ4v) is 3.88. The monoisotopic (exact) mass is 369 g/mol. The number of hydrogen-bond acceptors (Lipinski definition) is 6. The Kier molecular flexibility index (Phi) is 4.46. The van der Waals surface area contributed by atoms with E-state index >= 15 is 0 Å².